The molecular weight excluding hydrogens is 460 g/mol. The normalized spacial score (nSPS) is 10.4. The number of anilines is 1. The van der Waals surface area contributed by atoms with E-state index in [2.05, 4.69) is 10.4 Å². The third-order valence-electron chi connectivity index (χ3n) is 4.94. The molecule has 0 unspecified atom stereocenters. The molecule has 1 aromatic heterocycles. The number of amides is 1. The number of ether oxygens (including phenoxy) is 3. The summed E-state index contributed by atoms with van der Waals surface area (Å²) in [5.41, 5.74) is -1.08. The van der Waals surface area contributed by atoms with Crippen molar-refractivity contribution in [3.63, 3.8) is 0 Å². The average molecular weight is 482 g/mol. The number of benzene rings is 2. The highest BCUT2D eigenvalue weighted by Gasteiger charge is 2.27. The highest BCUT2D eigenvalue weighted by molar-refractivity contribution is 6.09. The number of nitro groups is 1. The van der Waals surface area contributed by atoms with Gasteiger partial charge in [-0.3, -0.25) is 19.7 Å². The van der Waals surface area contributed by atoms with Crippen LogP contribution in [0.15, 0.2) is 47.3 Å². The summed E-state index contributed by atoms with van der Waals surface area (Å²) in [7, 11) is 2.60. The molecule has 0 aliphatic heterocycles. The van der Waals surface area contributed by atoms with Crippen LogP contribution < -0.4 is 20.3 Å². The third-order valence-corrected chi connectivity index (χ3v) is 4.94. The van der Waals surface area contributed by atoms with Gasteiger partial charge in [0.25, 0.3) is 17.2 Å². The van der Waals surface area contributed by atoms with Crippen molar-refractivity contribution in [1.82, 2.24) is 9.78 Å². The van der Waals surface area contributed by atoms with Crippen LogP contribution in [0.25, 0.3) is 5.69 Å². The van der Waals surface area contributed by atoms with Gasteiger partial charge in [0, 0.05) is 12.1 Å². The maximum atomic E-state index is 13.1. The molecule has 0 aliphatic carbocycles. The van der Waals surface area contributed by atoms with E-state index in [1.165, 1.54) is 14.2 Å². The largest absolute Gasteiger partial charge is 0.493 e. The van der Waals surface area contributed by atoms with Gasteiger partial charge in [0.05, 0.1) is 43.2 Å². The first-order chi connectivity index (χ1) is 16.7. The van der Waals surface area contributed by atoms with E-state index in [0.29, 0.717) is 5.69 Å². The lowest BCUT2D eigenvalue weighted by Crippen LogP contribution is -2.27. The van der Waals surface area contributed by atoms with E-state index in [-0.39, 0.29) is 35.1 Å². The number of aryl methyl sites for hydroxylation is 1. The number of carbonyl (C=O) groups is 2. The van der Waals surface area contributed by atoms with Crippen molar-refractivity contribution in [2.75, 3.05) is 26.1 Å². The van der Waals surface area contributed by atoms with Gasteiger partial charge in [0.2, 0.25) is 0 Å². The Labute approximate surface area is 199 Å². The SMILES string of the molecule is CCOC(=O)c1nn(-c2ccccc2C)c(=O)cc1NC(=O)c1cc(OC)c(OC)cc1[N+](=O)[O-]. The van der Waals surface area contributed by atoms with E-state index in [4.69, 9.17) is 14.2 Å². The van der Waals surface area contributed by atoms with E-state index < -0.39 is 28.0 Å². The summed E-state index contributed by atoms with van der Waals surface area (Å²) in [5, 5.41) is 18.1. The lowest BCUT2D eigenvalue weighted by molar-refractivity contribution is -0.385. The van der Waals surface area contributed by atoms with Crippen molar-refractivity contribution in [1.29, 1.82) is 0 Å². The molecule has 0 aliphatic rings. The molecule has 3 aromatic rings. The second-order valence-electron chi connectivity index (χ2n) is 7.10. The molecular formula is C23H22N4O8. The minimum absolute atomic E-state index is 0.0124. The van der Waals surface area contributed by atoms with Crippen molar-refractivity contribution in [2.24, 2.45) is 0 Å². The predicted molar refractivity (Wildman–Crippen MR) is 125 cm³/mol. The summed E-state index contributed by atoms with van der Waals surface area (Å²) in [6.45, 7) is 3.36. The monoisotopic (exact) mass is 482 g/mol. The van der Waals surface area contributed by atoms with Gasteiger partial charge in [-0.1, -0.05) is 18.2 Å². The minimum Gasteiger partial charge on any atom is -0.493 e. The minimum atomic E-state index is -0.974. The number of para-hydroxylation sites is 1. The number of nitrogens with one attached hydrogen (secondary N) is 1. The lowest BCUT2D eigenvalue weighted by Gasteiger charge is -2.14. The number of methoxy groups -OCH3 is 2. The second kappa shape index (κ2) is 10.5. The summed E-state index contributed by atoms with van der Waals surface area (Å²) in [6.07, 6.45) is 0. The first-order valence-electron chi connectivity index (χ1n) is 10.3. The van der Waals surface area contributed by atoms with Crippen molar-refractivity contribution >= 4 is 23.3 Å². The number of rotatable bonds is 8. The number of esters is 1. The molecule has 35 heavy (non-hydrogen) atoms. The van der Waals surface area contributed by atoms with E-state index in [1.807, 2.05) is 0 Å². The van der Waals surface area contributed by atoms with Crippen LogP contribution in [0.4, 0.5) is 11.4 Å². The molecule has 0 atom stereocenters. The van der Waals surface area contributed by atoms with Crippen LogP contribution in [-0.4, -0.2) is 47.4 Å². The van der Waals surface area contributed by atoms with Crippen molar-refractivity contribution < 1.29 is 28.7 Å². The molecule has 0 fully saturated rings. The summed E-state index contributed by atoms with van der Waals surface area (Å²) < 4.78 is 16.2. The molecule has 3 rings (SSSR count). The van der Waals surface area contributed by atoms with Crippen LogP contribution >= 0.6 is 0 Å². The standard InChI is InChI=1S/C23H22N4O8/c1-5-35-23(30)21-15(11-20(28)26(25-21)16-9-7-6-8-13(16)2)24-22(29)14-10-18(33-3)19(34-4)12-17(14)27(31)32/h6-12H,5H2,1-4H3,(H,24,29). The fourth-order valence-electron chi connectivity index (χ4n) is 3.27. The molecule has 0 saturated carbocycles. The molecule has 0 spiro atoms. The zero-order chi connectivity index (χ0) is 25.7. The zero-order valence-corrected chi connectivity index (χ0v) is 19.4. The Morgan fingerprint density at radius 2 is 1.77 bits per heavy atom. The Morgan fingerprint density at radius 3 is 2.37 bits per heavy atom. The third kappa shape index (κ3) is 5.11. The van der Waals surface area contributed by atoms with E-state index in [9.17, 15) is 24.5 Å². The Morgan fingerprint density at radius 1 is 1.11 bits per heavy atom. The molecule has 1 heterocycles. The van der Waals surface area contributed by atoms with Crippen LogP contribution in [0.3, 0.4) is 0 Å². The van der Waals surface area contributed by atoms with Gasteiger partial charge in [0.1, 0.15) is 5.56 Å². The fraction of sp³-hybridized carbons (Fsp3) is 0.217. The number of hydrogen-bond donors (Lipinski definition) is 1. The van der Waals surface area contributed by atoms with Crippen molar-refractivity contribution in [3.8, 4) is 17.2 Å². The Balaban J connectivity index is 2.13. The summed E-state index contributed by atoms with van der Waals surface area (Å²) >= 11 is 0. The van der Waals surface area contributed by atoms with Gasteiger partial charge in [-0.2, -0.15) is 9.78 Å². The van der Waals surface area contributed by atoms with E-state index in [0.717, 1.165) is 28.4 Å². The highest BCUT2D eigenvalue weighted by Crippen LogP contribution is 2.35. The second-order valence-corrected chi connectivity index (χ2v) is 7.10. The molecule has 12 heteroatoms. The van der Waals surface area contributed by atoms with Gasteiger partial charge < -0.3 is 19.5 Å². The Kier molecular flexibility index (Phi) is 7.44. The topological polar surface area (TPSA) is 152 Å². The quantitative estimate of drug-likeness (QED) is 0.290. The van der Waals surface area contributed by atoms with Crippen LogP contribution in [0.5, 0.6) is 11.5 Å². The zero-order valence-electron chi connectivity index (χ0n) is 19.4. The predicted octanol–water partition coefficient (Wildman–Crippen LogP) is 2.90. The van der Waals surface area contributed by atoms with Gasteiger partial charge in [-0.25, -0.2) is 4.79 Å². The number of hydrogen-bond acceptors (Lipinski definition) is 9. The van der Waals surface area contributed by atoms with Gasteiger partial charge >= 0.3 is 5.97 Å². The maximum absolute atomic E-state index is 13.1. The van der Waals surface area contributed by atoms with Crippen molar-refractivity contribution in [2.45, 2.75) is 13.8 Å². The molecule has 0 saturated heterocycles. The number of aromatic nitrogens is 2. The summed E-state index contributed by atoms with van der Waals surface area (Å²) in [4.78, 5) is 49.4. The number of nitrogens with zero attached hydrogens (tertiary/aromatic N) is 3. The molecule has 182 valence electrons. The fourth-order valence-corrected chi connectivity index (χ4v) is 3.27. The first-order valence-corrected chi connectivity index (χ1v) is 10.3. The lowest BCUT2D eigenvalue weighted by atomic mass is 10.1. The summed E-state index contributed by atoms with van der Waals surface area (Å²) in [6, 6.07) is 10.0. The van der Waals surface area contributed by atoms with E-state index in [1.54, 1.807) is 38.1 Å². The van der Waals surface area contributed by atoms with Gasteiger partial charge in [-0.05, 0) is 25.5 Å². The molecule has 12 nitrogen and oxygen atoms in total. The number of carbonyl (C=O) groups excluding carboxylic acids is 2. The van der Waals surface area contributed by atoms with Gasteiger partial charge in [0.15, 0.2) is 17.2 Å². The average Bonchev–Trinajstić information content (AvgIpc) is 2.83. The smallest absolute Gasteiger partial charge is 0.360 e. The van der Waals surface area contributed by atoms with Crippen molar-refractivity contribution in [3.05, 3.63) is 79.8 Å². The molecule has 2 aromatic carbocycles. The van der Waals surface area contributed by atoms with Crippen LogP contribution in [0, 0.1) is 17.0 Å². The molecule has 0 radical (unpaired) electrons. The molecule has 0 bridgehead atoms. The summed E-state index contributed by atoms with van der Waals surface area (Å²) in [5.74, 6) is -1.75. The van der Waals surface area contributed by atoms with Crippen LogP contribution in [-0.2, 0) is 4.74 Å². The van der Waals surface area contributed by atoms with E-state index >= 15 is 0 Å². The highest BCUT2D eigenvalue weighted by atomic mass is 16.6. The Hall–Kier alpha value is -4.74. The van der Waals surface area contributed by atoms with Crippen LogP contribution in [0.1, 0.15) is 33.3 Å². The van der Waals surface area contributed by atoms with Crippen LogP contribution in [0.2, 0.25) is 0 Å². The molecule has 1 amide bonds. The first kappa shape index (κ1) is 24.9. The molecule has 1 N–H and O–H groups in total. The number of nitro benzene ring substituents is 1. The van der Waals surface area contributed by atoms with Gasteiger partial charge in [-0.15, -0.1) is 0 Å². The maximum Gasteiger partial charge on any atom is 0.360 e. The Bertz CT molecular complexity index is 1370.